The van der Waals surface area contributed by atoms with Crippen molar-refractivity contribution in [2.45, 2.75) is 32.2 Å². The second-order valence-corrected chi connectivity index (χ2v) is 5.31. The van der Waals surface area contributed by atoms with Crippen LogP contribution in [0.3, 0.4) is 0 Å². The van der Waals surface area contributed by atoms with Crippen LogP contribution in [-0.4, -0.2) is 33.7 Å². The molecule has 0 bridgehead atoms. The van der Waals surface area contributed by atoms with Crippen molar-refractivity contribution in [3.05, 3.63) is 10.7 Å². The number of anilines is 1. The van der Waals surface area contributed by atoms with E-state index in [0.717, 1.165) is 0 Å². The highest BCUT2D eigenvalue weighted by Crippen LogP contribution is 2.24. The average Bonchev–Trinajstić information content (AvgIpc) is 2.29. The summed E-state index contributed by atoms with van der Waals surface area (Å²) in [7, 11) is 1.52. The van der Waals surface area contributed by atoms with E-state index < -0.39 is 11.5 Å². The molecule has 0 aliphatic heterocycles. The Balaban J connectivity index is 2.74. The molecule has 1 aromatic heterocycles. The van der Waals surface area contributed by atoms with Gasteiger partial charge in [0.15, 0.2) is 0 Å². The van der Waals surface area contributed by atoms with Gasteiger partial charge in [0.25, 0.3) is 0 Å². The van der Waals surface area contributed by atoms with Crippen LogP contribution in [0.2, 0.25) is 0 Å². The predicted molar refractivity (Wildman–Crippen MR) is 70.9 cm³/mol. The SMILES string of the molecule is COc1nc(NC(C)(C)CCC(=O)O)ncc1Br. The number of methoxy groups -OCH3 is 1. The van der Waals surface area contributed by atoms with Gasteiger partial charge in [-0.15, -0.1) is 0 Å². The van der Waals surface area contributed by atoms with Crippen LogP contribution >= 0.6 is 15.9 Å². The Hall–Kier alpha value is -1.37. The highest BCUT2D eigenvalue weighted by Gasteiger charge is 2.20. The molecule has 6 nitrogen and oxygen atoms in total. The number of hydrogen-bond donors (Lipinski definition) is 2. The fourth-order valence-corrected chi connectivity index (χ4v) is 1.69. The number of halogens is 1. The average molecular weight is 318 g/mol. The summed E-state index contributed by atoms with van der Waals surface area (Å²) in [5.41, 5.74) is -0.406. The van der Waals surface area contributed by atoms with Crippen molar-refractivity contribution in [1.29, 1.82) is 0 Å². The van der Waals surface area contributed by atoms with Crippen molar-refractivity contribution in [2.24, 2.45) is 0 Å². The summed E-state index contributed by atoms with van der Waals surface area (Å²) in [5, 5.41) is 11.8. The molecule has 0 spiro atoms. The van der Waals surface area contributed by atoms with E-state index in [1.807, 2.05) is 13.8 Å². The second kappa shape index (κ2) is 5.99. The lowest BCUT2D eigenvalue weighted by atomic mass is 9.99. The number of carbonyl (C=O) groups is 1. The third-order valence-electron chi connectivity index (χ3n) is 2.32. The monoisotopic (exact) mass is 317 g/mol. The normalized spacial score (nSPS) is 11.1. The first-order chi connectivity index (χ1) is 8.34. The number of aliphatic carboxylic acids is 1. The maximum absolute atomic E-state index is 10.6. The minimum atomic E-state index is -0.820. The van der Waals surface area contributed by atoms with E-state index >= 15 is 0 Å². The van der Waals surface area contributed by atoms with Crippen LogP contribution in [0.1, 0.15) is 26.7 Å². The minimum absolute atomic E-state index is 0.0909. The van der Waals surface area contributed by atoms with Crippen LogP contribution in [0, 0.1) is 0 Å². The molecule has 0 amide bonds. The number of hydrogen-bond acceptors (Lipinski definition) is 5. The zero-order valence-corrected chi connectivity index (χ0v) is 12.1. The Morgan fingerprint density at radius 2 is 2.28 bits per heavy atom. The Bertz CT molecular complexity index is 438. The summed E-state index contributed by atoms with van der Waals surface area (Å²) in [6.45, 7) is 3.79. The molecule has 7 heteroatoms. The standard InChI is InChI=1S/C11H16BrN3O3/c1-11(2,5-4-8(16)17)15-10-13-6-7(12)9(14-10)18-3/h6H,4-5H2,1-3H3,(H,16,17)(H,13,14,15). The number of nitrogens with zero attached hydrogens (tertiary/aromatic N) is 2. The van der Waals surface area contributed by atoms with Gasteiger partial charge in [0.1, 0.15) is 0 Å². The molecule has 2 N–H and O–H groups in total. The van der Waals surface area contributed by atoms with Gasteiger partial charge in [-0.1, -0.05) is 0 Å². The van der Waals surface area contributed by atoms with Crippen molar-refractivity contribution in [3.8, 4) is 5.88 Å². The zero-order chi connectivity index (χ0) is 13.8. The number of rotatable bonds is 6. The Labute approximate surface area is 114 Å². The Morgan fingerprint density at radius 1 is 1.61 bits per heavy atom. The van der Waals surface area contributed by atoms with Crippen LogP contribution < -0.4 is 10.1 Å². The summed E-state index contributed by atoms with van der Waals surface area (Å²) in [4.78, 5) is 18.8. The molecule has 100 valence electrons. The van der Waals surface area contributed by atoms with Gasteiger partial charge in [0.05, 0.1) is 17.8 Å². The van der Waals surface area contributed by atoms with E-state index in [9.17, 15) is 4.79 Å². The fraction of sp³-hybridized carbons (Fsp3) is 0.545. The van der Waals surface area contributed by atoms with Crippen molar-refractivity contribution in [2.75, 3.05) is 12.4 Å². The van der Waals surface area contributed by atoms with E-state index in [2.05, 4.69) is 31.2 Å². The van der Waals surface area contributed by atoms with Gasteiger partial charge >= 0.3 is 5.97 Å². The fourth-order valence-electron chi connectivity index (χ4n) is 1.34. The molecule has 1 rings (SSSR count). The quantitative estimate of drug-likeness (QED) is 0.837. The van der Waals surface area contributed by atoms with Crippen LogP contribution in [0.4, 0.5) is 5.95 Å². The van der Waals surface area contributed by atoms with E-state index in [0.29, 0.717) is 22.7 Å². The Kier molecular flexibility index (Phi) is 4.89. The van der Waals surface area contributed by atoms with E-state index in [1.54, 1.807) is 6.20 Å². The molecular weight excluding hydrogens is 302 g/mol. The topological polar surface area (TPSA) is 84.3 Å². The van der Waals surface area contributed by atoms with Crippen molar-refractivity contribution in [3.63, 3.8) is 0 Å². The lowest BCUT2D eigenvalue weighted by Gasteiger charge is -2.25. The predicted octanol–water partition coefficient (Wildman–Crippen LogP) is 2.30. The summed E-state index contributed by atoms with van der Waals surface area (Å²) in [5.74, 6) is 0.0196. The van der Waals surface area contributed by atoms with Gasteiger partial charge in [0, 0.05) is 12.0 Å². The van der Waals surface area contributed by atoms with Crippen LogP contribution in [0.15, 0.2) is 10.7 Å². The maximum Gasteiger partial charge on any atom is 0.303 e. The van der Waals surface area contributed by atoms with E-state index in [1.165, 1.54) is 7.11 Å². The molecule has 1 aromatic rings. The van der Waals surface area contributed by atoms with Gasteiger partial charge in [-0.2, -0.15) is 4.98 Å². The first-order valence-electron chi connectivity index (χ1n) is 5.40. The molecule has 0 saturated heterocycles. The van der Waals surface area contributed by atoms with Gasteiger partial charge < -0.3 is 15.2 Å². The molecule has 0 fully saturated rings. The smallest absolute Gasteiger partial charge is 0.303 e. The van der Waals surface area contributed by atoms with Crippen molar-refractivity contribution in [1.82, 2.24) is 9.97 Å². The molecule has 0 aliphatic carbocycles. The first-order valence-corrected chi connectivity index (χ1v) is 6.20. The van der Waals surface area contributed by atoms with Crippen molar-refractivity contribution < 1.29 is 14.6 Å². The summed E-state index contributed by atoms with van der Waals surface area (Å²) in [6.07, 6.45) is 2.15. The second-order valence-electron chi connectivity index (χ2n) is 4.45. The molecule has 0 saturated carbocycles. The number of carboxylic acid groups (broad SMARTS) is 1. The lowest BCUT2D eigenvalue weighted by molar-refractivity contribution is -0.137. The molecule has 0 aliphatic rings. The van der Waals surface area contributed by atoms with Crippen LogP contribution in [0.5, 0.6) is 5.88 Å². The van der Waals surface area contributed by atoms with Gasteiger partial charge in [-0.3, -0.25) is 4.79 Å². The summed E-state index contributed by atoms with van der Waals surface area (Å²) >= 11 is 3.26. The molecule has 0 radical (unpaired) electrons. The maximum atomic E-state index is 10.6. The van der Waals surface area contributed by atoms with Crippen molar-refractivity contribution >= 4 is 27.8 Å². The molecule has 0 aromatic carbocycles. The third kappa shape index (κ3) is 4.48. The molecule has 1 heterocycles. The number of aromatic nitrogens is 2. The highest BCUT2D eigenvalue weighted by atomic mass is 79.9. The molecular formula is C11H16BrN3O3. The van der Waals surface area contributed by atoms with E-state index in [-0.39, 0.29) is 6.42 Å². The van der Waals surface area contributed by atoms with Crippen LogP contribution in [-0.2, 0) is 4.79 Å². The molecule has 0 atom stereocenters. The largest absolute Gasteiger partial charge is 0.481 e. The summed E-state index contributed by atoms with van der Waals surface area (Å²) < 4.78 is 5.73. The number of carboxylic acids is 1. The number of ether oxygens (including phenoxy) is 1. The van der Waals surface area contributed by atoms with Crippen LogP contribution in [0.25, 0.3) is 0 Å². The van der Waals surface area contributed by atoms with Gasteiger partial charge in [-0.05, 0) is 36.2 Å². The number of nitrogens with one attached hydrogen (secondary N) is 1. The summed E-state index contributed by atoms with van der Waals surface area (Å²) in [6, 6.07) is 0. The molecule has 0 unspecified atom stereocenters. The minimum Gasteiger partial charge on any atom is -0.481 e. The van der Waals surface area contributed by atoms with Gasteiger partial charge in [0.2, 0.25) is 11.8 Å². The van der Waals surface area contributed by atoms with E-state index in [4.69, 9.17) is 9.84 Å². The first kappa shape index (κ1) is 14.7. The van der Waals surface area contributed by atoms with Gasteiger partial charge in [-0.25, -0.2) is 4.98 Å². The zero-order valence-electron chi connectivity index (χ0n) is 10.5. The third-order valence-corrected chi connectivity index (χ3v) is 2.86. The Morgan fingerprint density at radius 3 is 2.83 bits per heavy atom. The highest BCUT2D eigenvalue weighted by molar-refractivity contribution is 9.10. The molecule has 18 heavy (non-hydrogen) atoms. The lowest BCUT2D eigenvalue weighted by Crippen LogP contribution is -2.32.